The number of fused-ring (bicyclic) bond motifs is 2. The molecule has 0 radical (unpaired) electrons. The highest BCUT2D eigenvalue weighted by atomic mass is 19.1. The summed E-state index contributed by atoms with van der Waals surface area (Å²) >= 11 is 0. The molecule has 0 spiro atoms. The van der Waals surface area contributed by atoms with Gasteiger partial charge in [-0.15, -0.1) is 0 Å². The van der Waals surface area contributed by atoms with Gasteiger partial charge in [0.05, 0.1) is 0 Å². The van der Waals surface area contributed by atoms with Crippen LogP contribution in [0.25, 0.3) is 0 Å². The average Bonchev–Trinajstić information content (AvgIpc) is 2.84. The Morgan fingerprint density at radius 2 is 2.10 bits per heavy atom. The number of hydrogen-bond acceptors (Lipinski definition) is 2. The molecular formula is C17H24FNO. The lowest BCUT2D eigenvalue weighted by molar-refractivity contribution is 0.108. The van der Waals surface area contributed by atoms with Gasteiger partial charge in [-0.1, -0.05) is 20.8 Å². The molecule has 2 bridgehead atoms. The number of rotatable bonds is 3. The van der Waals surface area contributed by atoms with Crippen LogP contribution in [0.15, 0.2) is 18.2 Å². The molecule has 0 saturated heterocycles. The maximum Gasteiger partial charge on any atom is 0.123 e. The van der Waals surface area contributed by atoms with E-state index in [-0.39, 0.29) is 17.0 Å². The maximum atomic E-state index is 13.3. The molecule has 3 unspecified atom stereocenters. The summed E-state index contributed by atoms with van der Waals surface area (Å²) in [5.41, 5.74) is 1.26. The summed E-state index contributed by atoms with van der Waals surface area (Å²) in [6, 6.07) is 4.57. The fraction of sp³-hybridized carbons (Fsp3) is 0.647. The standard InChI is InChI=1S/C17H24FNO/c1-16(2)12-6-7-17(3,9-12)15(16)19-10-11-8-13(18)4-5-14(11)20/h4-5,8,12,15,19-20H,6-7,9-10H2,1-3H3. The smallest absolute Gasteiger partial charge is 0.123 e. The number of halogens is 1. The Morgan fingerprint density at radius 1 is 1.35 bits per heavy atom. The molecule has 2 fully saturated rings. The number of aromatic hydroxyl groups is 1. The van der Waals surface area contributed by atoms with E-state index >= 15 is 0 Å². The van der Waals surface area contributed by atoms with Gasteiger partial charge in [-0.3, -0.25) is 0 Å². The zero-order chi connectivity index (χ0) is 14.5. The molecule has 3 rings (SSSR count). The van der Waals surface area contributed by atoms with Crippen LogP contribution in [0.4, 0.5) is 4.39 Å². The van der Waals surface area contributed by atoms with Crippen molar-refractivity contribution in [3.05, 3.63) is 29.6 Å². The van der Waals surface area contributed by atoms with Crippen LogP contribution < -0.4 is 5.32 Å². The van der Waals surface area contributed by atoms with E-state index in [0.717, 1.165) is 5.92 Å². The summed E-state index contributed by atoms with van der Waals surface area (Å²) in [5.74, 6) is 0.661. The van der Waals surface area contributed by atoms with Gasteiger partial charge in [0.1, 0.15) is 11.6 Å². The van der Waals surface area contributed by atoms with E-state index in [1.54, 1.807) is 0 Å². The molecule has 0 amide bonds. The second kappa shape index (κ2) is 4.45. The minimum atomic E-state index is -0.294. The van der Waals surface area contributed by atoms with Crippen LogP contribution in [-0.2, 0) is 6.54 Å². The number of nitrogens with one attached hydrogen (secondary N) is 1. The summed E-state index contributed by atoms with van der Waals surface area (Å²) in [6.45, 7) is 7.57. The van der Waals surface area contributed by atoms with Crippen molar-refractivity contribution in [3.8, 4) is 5.75 Å². The molecule has 20 heavy (non-hydrogen) atoms. The Morgan fingerprint density at radius 3 is 2.75 bits per heavy atom. The minimum Gasteiger partial charge on any atom is -0.508 e. The second-order valence-corrected chi connectivity index (χ2v) is 7.50. The van der Waals surface area contributed by atoms with Crippen molar-refractivity contribution < 1.29 is 9.50 Å². The molecule has 0 heterocycles. The van der Waals surface area contributed by atoms with Gasteiger partial charge < -0.3 is 10.4 Å². The van der Waals surface area contributed by atoms with Crippen LogP contribution in [0.3, 0.4) is 0 Å². The van der Waals surface area contributed by atoms with E-state index in [0.29, 0.717) is 23.6 Å². The van der Waals surface area contributed by atoms with Gasteiger partial charge in [-0.05, 0) is 54.2 Å². The van der Waals surface area contributed by atoms with E-state index in [2.05, 4.69) is 26.1 Å². The van der Waals surface area contributed by atoms with Crippen LogP contribution in [0, 0.1) is 22.6 Å². The van der Waals surface area contributed by atoms with Crippen molar-refractivity contribution in [2.45, 2.75) is 52.6 Å². The average molecular weight is 277 g/mol. The molecule has 2 saturated carbocycles. The van der Waals surface area contributed by atoms with Gasteiger partial charge in [0.15, 0.2) is 0 Å². The molecule has 0 aromatic heterocycles. The van der Waals surface area contributed by atoms with Gasteiger partial charge in [0.2, 0.25) is 0 Å². The Labute approximate surface area is 120 Å². The first-order chi connectivity index (χ1) is 9.33. The fourth-order valence-corrected chi connectivity index (χ4v) is 4.72. The molecule has 0 aliphatic heterocycles. The first kappa shape index (κ1) is 13.9. The topological polar surface area (TPSA) is 32.3 Å². The summed E-state index contributed by atoms with van der Waals surface area (Å²) in [7, 11) is 0. The summed E-state index contributed by atoms with van der Waals surface area (Å²) in [4.78, 5) is 0. The molecule has 1 aromatic rings. The van der Waals surface area contributed by atoms with Gasteiger partial charge in [0, 0.05) is 18.2 Å². The molecule has 110 valence electrons. The van der Waals surface area contributed by atoms with E-state index in [1.807, 2.05) is 0 Å². The quantitative estimate of drug-likeness (QED) is 0.880. The van der Waals surface area contributed by atoms with Crippen LogP contribution in [0.5, 0.6) is 5.75 Å². The first-order valence-electron chi connectivity index (χ1n) is 7.54. The SMILES string of the molecule is CC12CCC(C1)C(C)(C)C2NCc1cc(F)ccc1O. The second-order valence-electron chi connectivity index (χ2n) is 7.50. The van der Waals surface area contributed by atoms with Crippen LogP contribution >= 0.6 is 0 Å². The van der Waals surface area contributed by atoms with Crippen molar-refractivity contribution in [2.75, 3.05) is 0 Å². The molecule has 2 N–H and O–H groups in total. The van der Waals surface area contributed by atoms with Gasteiger partial charge in [-0.25, -0.2) is 4.39 Å². The lowest BCUT2D eigenvalue weighted by atomic mass is 9.68. The third kappa shape index (κ3) is 2.03. The molecule has 2 aliphatic carbocycles. The summed E-state index contributed by atoms with van der Waals surface area (Å²) < 4.78 is 13.3. The monoisotopic (exact) mass is 277 g/mol. The molecule has 3 atom stereocenters. The Hall–Kier alpha value is -1.09. The third-order valence-corrected chi connectivity index (χ3v) is 5.81. The Kier molecular flexibility index (Phi) is 3.09. The van der Waals surface area contributed by atoms with Crippen molar-refractivity contribution in [1.82, 2.24) is 5.32 Å². The molecular weight excluding hydrogens is 253 g/mol. The third-order valence-electron chi connectivity index (χ3n) is 5.81. The Bertz CT molecular complexity index is 523. The largest absolute Gasteiger partial charge is 0.508 e. The van der Waals surface area contributed by atoms with Gasteiger partial charge in [-0.2, -0.15) is 0 Å². The predicted octanol–water partition coefficient (Wildman–Crippen LogP) is 3.84. The highest BCUT2D eigenvalue weighted by Gasteiger charge is 2.58. The van der Waals surface area contributed by atoms with Crippen LogP contribution in [0.2, 0.25) is 0 Å². The summed E-state index contributed by atoms with van der Waals surface area (Å²) in [5, 5.41) is 13.4. The zero-order valence-electron chi connectivity index (χ0n) is 12.5. The highest BCUT2D eigenvalue weighted by Crippen LogP contribution is 2.62. The number of benzene rings is 1. The van der Waals surface area contributed by atoms with Crippen LogP contribution in [-0.4, -0.2) is 11.1 Å². The molecule has 1 aromatic carbocycles. The van der Waals surface area contributed by atoms with Gasteiger partial charge in [0.25, 0.3) is 0 Å². The van der Waals surface area contributed by atoms with E-state index in [4.69, 9.17) is 0 Å². The normalized spacial score (nSPS) is 34.6. The fourth-order valence-electron chi connectivity index (χ4n) is 4.72. The minimum absolute atomic E-state index is 0.171. The van der Waals surface area contributed by atoms with Crippen molar-refractivity contribution in [3.63, 3.8) is 0 Å². The van der Waals surface area contributed by atoms with E-state index in [9.17, 15) is 9.50 Å². The van der Waals surface area contributed by atoms with Crippen LogP contribution in [0.1, 0.15) is 45.6 Å². The number of hydrogen-bond donors (Lipinski definition) is 2. The first-order valence-corrected chi connectivity index (χ1v) is 7.54. The molecule has 3 heteroatoms. The predicted molar refractivity (Wildman–Crippen MR) is 77.9 cm³/mol. The lowest BCUT2D eigenvalue weighted by Gasteiger charge is -2.43. The number of phenolic OH excluding ortho intramolecular Hbond substituents is 1. The number of phenols is 1. The molecule has 2 aliphatic rings. The zero-order valence-corrected chi connectivity index (χ0v) is 12.5. The Balaban J connectivity index is 1.77. The highest BCUT2D eigenvalue weighted by molar-refractivity contribution is 5.32. The maximum absolute atomic E-state index is 13.3. The van der Waals surface area contributed by atoms with Crippen molar-refractivity contribution >= 4 is 0 Å². The van der Waals surface area contributed by atoms with Gasteiger partial charge >= 0.3 is 0 Å². The van der Waals surface area contributed by atoms with E-state index < -0.39 is 0 Å². The van der Waals surface area contributed by atoms with E-state index in [1.165, 1.54) is 37.5 Å². The molecule has 2 nitrogen and oxygen atoms in total. The van der Waals surface area contributed by atoms with Crippen molar-refractivity contribution in [1.29, 1.82) is 0 Å². The van der Waals surface area contributed by atoms with Crippen molar-refractivity contribution in [2.24, 2.45) is 16.7 Å². The summed E-state index contributed by atoms with van der Waals surface area (Å²) in [6.07, 6.45) is 3.88. The lowest BCUT2D eigenvalue weighted by Crippen LogP contribution is -2.49.